The van der Waals surface area contributed by atoms with Crippen LogP contribution in [0.5, 0.6) is 0 Å². The minimum Gasteiger partial charge on any atom is -0.355 e. The second-order valence-electron chi connectivity index (χ2n) is 7.31. The molecule has 0 unspecified atom stereocenters. The highest BCUT2D eigenvalue weighted by molar-refractivity contribution is 5.84. The van der Waals surface area contributed by atoms with Crippen LogP contribution >= 0.6 is 0 Å². The van der Waals surface area contributed by atoms with E-state index in [1.165, 1.54) is 19.3 Å². The molecule has 25 heavy (non-hydrogen) atoms. The SMILES string of the molecule is Cn1cnc2c1[C@@H](C(=O)NCC1CCC1)CN(Cc1cccnc1)C2. The van der Waals surface area contributed by atoms with E-state index in [2.05, 4.69) is 26.3 Å². The van der Waals surface area contributed by atoms with Crippen molar-refractivity contribution >= 4 is 5.91 Å². The van der Waals surface area contributed by atoms with E-state index in [0.717, 1.165) is 43.1 Å². The summed E-state index contributed by atoms with van der Waals surface area (Å²) in [7, 11) is 1.98. The maximum absolute atomic E-state index is 12.9. The summed E-state index contributed by atoms with van der Waals surface area (Å²) in [6.45, 7) is 3.09. The van der Waals surface area contributed by atoms with Crippen molar-refractivity contribution in [3.63, 3.8) is 0 Å². The van der Waals surface area contributed by atoms with Crippen LogP contribution in [0.2, 0.25) is 0 Å². The van der Waals surface area contributed by atoms with E-state index in [9.17, 15) is 4.79 Å². The Labute approximate surface area is 148 Å². The van der Waals surface area contributed by atoms with Crippen LogP contribution in [0.1, 0.15) is 42.1 Å². The van der Waals surface area contributed by atoms with E-state index >= 15 is 0 Å². The molecule has 1 saturated carbocycles. The van der Waals surface area contributed by atoms with E-state index in [1.54, 1.807) is 6.20 Å². The number of carbonyl (C=O) groups is 1. The average Bonchev–Trinajstić information content (AvgIpc) is 2.95. The Kier molecular flexibility index (Phi) is 4.53. The third-order valence-corrected chi connectivity index (χ3v) is 5.44. The van der Waals surface area contributed by atoms with Gasteiger partial charge in [-0.3, -0.25) is 14.7 Å². The number of rotatable bonds is 5. The number of carbonyl (C=O) groups excluding carboxylic acids is 1. The lowest BCUT2D eigenvalue weighted by Crippen LogP contribution is -2.43. The Bertz CT molecular complexity index is 738. The molecule has 4 rings (SSSR count). The van der Waals surface area contributed by atoms with Crippen LogP contribution in [-0.4, -0.2) is 38.4 Å². The highest BCUT2D eigenvalue weighted by Crippen LogP contribution is 2.29. The zero-order valence-corrected chi connectivity index (χ0v) is 14.7. The summed E-state index contributed by atoms with van der Waals surface area (Å²) in [5, 5.41) is 3.18. The molecule has 1 atom stereocenters. The molecule has 1 N–H and O–H groups in total. The predicted octanol–water partition coefficient (Wildman–Crippen LogP) is 1.83. The van der Waals surface area contributed by atoms with E-state index in [-0.39, 0.29) is 11.8 Å². The summed E-state index contributed by atoms with van der Waals surface area (Å²) in [4.78, 5) is 23.9. The number of pyridine rings is 1. The molecule has 1 amide bonds. The van der Waals surface area contributed by atoms with Crippen molar-refractivity contribution in [1.82, 2.24) is 24.8 Å². The van der Waals surface area contributed by atoms with E-state index in [4.69, 9.17) is 0 Å². The highest BCUT2D eigenvalue weighted by Gasteiger charge is 2.34. The first kappa shape index (κ1) is 16.3. The molecule has 0 spiro atoms. The number of imidazole rings is 1. The van der Waals surface area contributed by atoms with Gasteiger partial charge in [0.05, 0.1) is 23.6 Å². The van der Waals surface area contributed by atoms with Crippen LogP contribution in [0.3, 0.4) is 0 Å². The van der Waals surface area contributed by atoms with Crippen molar-refractivity contribution in [2.45, 2.75) is 38.3 Å². The van der Waals surface area contributed by atoms with Gasteiger partial charge < -0.3 is 9.88 Å². The first-order valence-electron chi connectivity index (χ1n) is 9.10. The zero-order chi connectivity index (χ0) is 17.2. The molecule has 6 heteroatoms. The predicted molar refractivity (Wildman–Crippen MR) is 94.7 cm³/mol. The summed E-state index contributed by atoms with van der Waals surface area (Å²) in [5.41, 5.74) is 3.24. The molecule has 2 aliphatic rings. The topological polar surface area (TPSA) is 63.1 Å². The number of hydrogen-bond donors (Lipinski definition) is 1. The molecule has 0 saturated heterocycles. The third-order valence-electron chi connectivity index (χ3n) is 5.44. The number of amides is 1. The molecule has 3 heterocycles. The van der Waals surface area contributed by atoms with Gasteiger partial charge in [0.2, 0.25) is 5.91 Å². The minimum atomic E-state index is -0.159. The molecule has 0 bridgehead atoms. The number of nitrogens with zero attached hydrogens (tertiary/aromatic N) is 4. The average molecular weight is 339 g/mol. The van der Waals surface area contributed by atoms with Gasteiger partial charge >= 0.3 is 0 Å². The van der Waals surface area contributed by atoms with Gasteiger partial charge in [-0.2, -0.15) is 0 Å². The first-order valence-corrected chi connectivity index (χ1v) is 9.10. The standard InChI is InChI=1S/C19H25N5O/c1-23-13-22-17-12-24(10-15-6-3-7-20-8-15)11-16(18(17)23)19(25)21-9-14-4-2-5-14/h3,6-8,13-14,16H,2,4-5,9-12H2,1H3,(H,21,25)/t16-/m0/s1. The molecular weight excluding hydrogens is 314 g/mol. The van der Waals surface area contributed by atoms with Crippen LogP contribution in [0, 0.1) is 5.92 Å². The normalized spacial score (nSPS) is 20.8. The van der Waals surface area contributed by atoms with Crippen molar-refractivity contribution in [1.29, 1.82) is 0 Å². The fourth-order valence-electron chi connectivity index (χ4n) is 3.82. The van der Waals surface area contributed by atoms with Crippen LogP contribution in [-0.2, 0) is 24.9 Å². The Morgan fingerprint density at radius 2 is 2.28 bits per heavy atom. The number of aryl methyl sites for hydroxylation is 1. The van der Waals surface area contributed by atoms with Gasteiger partial charge in [-0.15, -0.1) is 0 Å². The quantitative estimate of drug-likeness (QED) is 0.903. The van der Waals surface area contributed by atoms with Gasteiger partial charge in [0.25, 0.3) is 0 Å². The summed E-state index contributed by atoms with van der Waals surface area (Å²) in [6.07, 6.45) is 9.29. The largest absolute Gasteiger partial charge is 0.355 e. The number of fused-ring (bicyclic) bond motifs is 1. The molecule has 2 aromatic rings. The molecule has 6 nitrogen and oxygen atoms in total. The molecule has 1 fully saturated rings. The molecule has 1 aliphatic carbocycles. The maximum Gasteiger partial charge on any atom is 0.230 e. The highest BCUT2D eigenvalue weighted by atomic mass is 16.1. The van der Waals surface area contributed by atoms with Gasteiger partial charge in [0.1, 0.15) is 0 Å². The van der Waals surface area contributed by atoms with Crippen LogP contribution < -0.4 is 5.32 Å². The second-order valence-corrected chi connectivity index (χ2v) is 7.31. The van der Waals surface area contributed by atoms with Gasteiger partial charge in [-0.05, 0) is 30.4 Å². The molecule has 0 aromatic carbocycles. The third kappa shape index (κ3) is 3.44. The van der Waals surface area contributed by atoms with Crippen LogP contribution in [0.15, 0.2) is 30.9 Å². The van der Waals surface area contributed by atoms with Crippen molar-refractivity contribution < 1.29 is 4.79 Å². The lowest BCUT2D eigenvalue weighted by Gasteiger charge is -2.33. The smallest absolute Gasteiger partial charge is 0.230 e. The van der Waals surface area contributed by atoms with Gasteiger partial charge in [-0.25, -0.2) is 4.98 Å². The monoisotopic (exact) mass is 339 g/mol. The second kappa shape index (κ2) is 6.96. The Balaban J connectivity index is 1.49. The van der Waals surface area contributed by atoms with E-state index in [1.807, 2.05) is 30.2 Å². The Morgan fingerprint density at radius 1 is 1.40 bits per heavy atom. The van der Waals surface area contributed by atoms with E-state index < -0.39 is 0 Å². The lowest BCUT2D eigenvalue weighted by molar-refractivity contribution is -0.123. The summed E-state index contributed by atoms with van der Waals surface area (Å²) in [6, 6.07) is 4.03. The summed E-state index contributed by atoms with van der Waals surface area (Å²) < 4.78 is 2.00. The van der Waals surface area contributed by atoms with Crippen molar-refractivity contribution in [3.05, 3.63) is 47.8 Å². The van der Waals surface area contributed by atoms with Gasteiger partial charge in [0, 0.05) is 45.6 Å². The first-order chi connectivity index (χ1) is 12.2. The van der Waals surface area contributed by atoms with Gasteiger partial charge in [-0.1, -0.05) is 12.5 Å². The van der Waals surface area contributed by atoms with Gasteiger partial charge in [0.15, 0.2) is 0 Å². The number of aromatic nitrogens is 3. The summed E-state index contributed by atoms with van der Waals surface area (Å²) >= 11 is 0. The van der Waals surface area contributed by atoms with E-state index in [0.29, 0.717) is 5.92 Å². The lowest BCUT2D eigenvalue weighted by atomic mass is 9.85. The fourth-order valence-corrected chi connectivity index (χ4v) is 3.82. The number of nitrogens with one attached hydrogen (secondary N) is 1. The zero-order valence-electron chi connectivity index (χ0n) is 14.7. The Morgan fingerprint density at radius 3 is 3.00 bits per heavy atom. The van der Waals surface area contributed by atoms with Crippen LogP contribution in [0.4, 0.5) is 0 Å². The molecule has 132 valence electrons. The fraction of sp³-hybridized carbons (Fsp3) is 0.526. The van der Waals surface area contributed by atoms with Crippen molar-refractivity contribution in [2.24, 2.45) is 13.0 Å². The van der Waals surface area contributed by atoms with Crippen LogP contribution in [0.25, 0.3) is 0 Å². The minimum absolute atomic E-state index is 0.132. The molecule has 1 aliphatic heterocycles. The number of hydrogen-bond acceptors (Lipinski definition) is 4. The van der Waals surface area contributed by atoms with Crippen molar-refractivity contribution in [3.8, 4) is 0 Å². The Hall–Kier alpha value is -2.21. The molecule has 2 aromatic heterocycles. The summed E-state index contributed by atoms with van der Waals surface area (Å²) in [5.74, 6) is 0.644. The maximum atomic E-state index is 12.9. The molecular formula is C19H25N5O. The van der Waals surface area contributed by atoms with Crippen molar-refractivity contribution in [2.75, 3.05) is 13.1 Å². The molecule has 0 radical (unpaired) electrons.